The molecule has 3 rings (SSSR count). The highest BCUT2D eigenvalue weighted by Gasteiger charge is 2.22. The Balaban J connectivity index is 1.47. The minimum absolute atomic E-state index is 0.155. The highest BCUT2D eigenvalue weighted by atomic mass is 16.5. The van der Waals surface area contributed by atoms with Gasteiger partial charge in [-0.3, -0.25) is 4.79 Å². The Bertz CT molecular complexity index is 751. The van der Waals surface area contributed by atoms with Crippen LogP contribution in [0, 0.1) is 6.92 Å². The number of rotatable bonds is 9. The lowest BCUT2D eigenvalue weighted by molar-refractivity contribution is 0.0948. The fourth-order valence-corrected chi connectivity index (χ4v) is 3.44. The maximum absolute atomic E-state index is 12.5. The SMILES string of the molecule is CCCCOc1ccc(CCNC(=O)c2nnn(C3CCNCC3)c2C)cc1. The first-order valence-corrected chi connectivity index (χ1v) is 10.3. The Kier molecular flexibility index (Phi) is 7.42. The van der Waals surface area contributed by atoms with E-state index in [-0.39, 0.29) is 5.91 Å². The van der Waals surface area contributed by atoms with Crippen molar-refractivity contribution < 1.29 is 9.53 Å². The van der Waals surface area contributed by atoms with Gasteiger partial charge in [-0.25, -0.2) is 4.68 Å². The number of hydrogen-bond donors (Lipinski definition) is 2. The molecule has 1 amide bonds. The fraction of sp³-hybridized carbons (Fsp3) is 0.571. The average molecular weight is 386 g/mol. The molecule has 1 aromatic heterocycles. The van der Waals surface area contributed by atoms with Crippen molar-refractivity contribution in [2.75, 3.05) is 26.2 Å². The first kappa shape index (κ1) is 20.3. The third kappa shape index (κ3) is 5.32. The predicted octanol–water partition coefficient (Wildman–Crippen LogP) is 2.66. The molecule has 1 saturated heterocycles. The summed E-state index contributed by atoms with van der Waals surface area (Å²) in [6.45, 7) is 7.35. The molecule has 0 saturated carbocycles. The predicted molar refractivity (Wildman–Crippen MR) is 109 cm³/mol. The topological polar surface area (TPSA) is 81.1 Å². The number of unbranched alkanes of at least 4 members (excludes halogenated alkanes) is 1. The minimum atomic E-state index is -0.155. The van der Waals surface area contributed by atoms with Crippen molar-refractivity contribution in [1.29, 1.82) is 0 Å². The Morgan fingerprint density at radius 3 is 2.75 bits per heavy atom. The molecular formula is C21H31N5O2. The van der Waals surface area contributed by atoms with E-state index in [4.69, 9.17) is 4.74 Å². The van der Waals surface area contributed by atoms with Crippen molar-refractivity contribution in [3.63, 3.8) is 0 Å². The van der Waals surface area contributed by atoms with Gasteiger partial charge in [-0.1, -0.05) is 30.7 Å². The van der Waals surface area contributed by atoms with Gasteiger partial charge in [0.2, 0.25) is 0 Å². The molecule has 152 valence electrons. The van der Waals surface area contributed by atoms with Crippen molar-refractivity contribution in [2.45, 2.75) is 52.0 Å². The monoisotopic (exact) mass is 385 g/mol. The van der Waals surface area contributed by atoms with E-state index in [1.807, 2.05) is 35.9 Å². The van der Waals surface area contributed by atoms with Crippen molar-refractivity contribution >= 4 is 5.91 Å². The van der Waals surface area contributed by atoms with Crippen molar-refractivity contribution in [1.82, 2.24) is 25.6 Å². The summed E-state index contributed by atoms with van der Waals surface area (Å²) in [6.07, 6.45) is 4.99. The highest BCUT2D eigenvalue weighted by molar-refractivity contribution is 5.93. The summed E-state index contributed by atoms with van der Waals surface area (Å²) in [5, 5.41) is 14.7. The second kappa shape index (κ2) is 10.2. The lowest BCUT2D eigenvalue weighted by Gasteiger charge is -2.23. The summed E-state index contributed by atoms with van der Waals surface area (Å²) < 4.78 is 7.59. The molecule has 7 nitrogen and oxygen atoms in total. The third-order valence-corrected chi connectivity index (χ3v) is 5.19. The van der Waals surface area contributed by atoms with Crippen LogP contribution in [-0.2, 0) is 6.42 Å². The number of hydrogen-bond acceptors (Lipinski definition) is 5. The zero-order chi connectivity index (χ0) is 19.8. The molecule has 1 aliphatic heterocycles. The van der Waals surface area contributed by atoms with Gasteiger partial charge in [0.25, 0.3) is 5.91 Å². The molecule has 0 radical (unpaired) electrons. The maximum Gasteiger partial charge on any atom is 0.273 e. The normalized spacial score (nSPS) is 14.8. The number of amides is 1. The molecule has 1 aliphatic rings. The van der Waals surface area contributed by atoms with Crippen LogP contribution >= 0.6 is 0 Å². The van der Waals surface area contributed by atoms with Gasteiger partial charge in [-0.05, 0) is 63.4 Å². The fourth-order valence-electron chi connectivity index (χ4n) is 3.44. The molecule has 0 aliphatic carbocycles. The van der Waals surface area contributed by atoms with Gasteiger partial charge in [0.1, 0.15) is 5.75 Å². The molecule has 2 heterocycles. The van der Waals surface area contributed by atoms with Gasteiger partial charge in [0.15, 0.2) is 5.69 Å². The molecule has 28 heavy (non-hydrogen) atoms. The van der Waals surface area contributed by atoms with Gasteiger partial charge in [0.05, 0.1) is 18.3 Å². The van der Waals surface area contributed by atoms with E-state index < -0.39 is 0 Å². The number of benzene rings is 1. The zero-order valence-electron chi connectivity index (χ0n) is 16.9. The standard InChI is InChI=1S/C21H31N5O2/c1-3-4-15-28-19-7-5-17(6-8-19)9-14-23-21(27)20-16(2)26(25-24-20)18-10-12-22-13-11-18/h5-8,18,22H,3-4,9-15H2,1-2H3,(H,23,27). The quantitative estimate of drug-likeness (QED) is 0.649. The Labute approximate surface area is 166 Å². The maximum atomic E-state index is 12.5. The molecule has 7 heteroatoms. The van der Waals surface area contributed by atoms with E-state index in [2.05, 4.69) is 27.9 Å². The van der Waals surface area contributed by atoms with Gasteiger partial charge < -0.3 is 15.4 Å². The summed E-state index contributed by atoms with van der Waals surface area (Å²) in [7, 11) is 0. The second-order valence-electron chi connectivity index (χ2n) is 7.30. The van der Waals surface area contributed by atoms with E-state index in [0.717, 1.165) is 63.2 Å². The molecule has 2 aromatic rings. The molecule has 0 bridgehead atoms. The van der Waals surface area contributed by atoms with Crippen LogP contribution in [0.1, 0.15) is 60.4 Å². The van der Waals surface area contributed by atoms with E-state index in [1.165, 1.54) is 5.56 Å². The van der Waals surface area contributed by atoms with E-state index in [9.17, 15) is 4.79 Å². The van der Waals surface area contributed by atoms with Gasteiger partial charge in [-0.15, -0.1) is 5.10 Å². The number of aromatic nitrogens is 3. The van der Waals surface area contributed by atoms with Crippen LogP contribution in [0.4, 0.5) is 0 Å². The number of ether oxygens (including phenoxy) is 1. The molecule has 0 unspecified atom stereocenters. The van der Waals surface area contributed by atoms with Crippen LogP contribution in [0.3, 0.4) is 0 Å². The summed E-state index contributed by atoms with van der Waals surface area (Å²) in [4.78, 5) is 12.5. The molecule has 0 spiro atoms. The number of carbonyl (C=O) groups excluding carboxylic acids is 1. The van der Waals surface area contributed by atoms with Crippen molar-refractivity contribution in [2.24, 2.45) is 0 Å². The average Bonchev–Trinajstić information content (AvgIpc) is 3.11. The van der Waals surface area contributed by atoms with Crippen LogP contribution in [0.25, 0.3) is 0 Å². The summed E-state index contributed by atoms with van der Waals surface area (Å²) >= 11 is 0. The van der Waals surface area contributed by atoms with Crippen LogP contribution in [0.15, 0.2) is 24.3 Å². The number of nitrogens with one attached hydrogen (secondary N) is 2. The van der Waals surface area contributed by atoms with E-state index >= 15 is 0 Å². The number of nitrogens with zero attached hydrogens (tertiary/aromatic N) is 3. The van der Waals surface area contributed by atoms with Crippen molar-refractivity contribution in [3.8, 4) is 5.75 Å². The Morgan fingerprint density at radius 1 is 1.29 bits per heavy atom. The largest absolute Gasteiger partial charge is 0.494 e. The summed E-state index contributed by atoms with van der Waals surface area (Å²) in [6, 6.07) is 8.40. The van der Waals surface area contributed by atoms with Crippen molar-refractivity contribution in [3.05, 3.63) is 41.2 Å². The molecule has 2 N–H and O–H groups in total. The van der Waals surface area contributed by atoms with Crippen LogP contribution < -0.4 is 15.4 Å². The number of piperidine rings is 1. The highest BCUT2D eigenvalue weighted by Crippen LogP contribution is 2.20. The Hall–Kier alpha value is -2.41. The minimum Gasteiger partial charge on any atom is -0.494 e. The van der Waals surface area contributed by atoms with Crippen LogP contribution in [0.2, 0.25) is 0 Å². The first-order valence-electron chi connectivity index (χ1n) is 10.3. The molecule has 1 aromatic carbocycles. The van der Waals surface area contributed by atoms with Gasteiger partial charge in [-0.2, -0.15) is 0 Å². The zero-order valence-corrected chi connectivity index (χ0v) is 16.9. The molecule has 0 atom stereocenters. The smallest absolute Gasteiger partial charge is 0.273 e. The van der Waals surface area contributed by atoms with E-state index in [1.54, 1.807) is 0 Å². The first-order chi connectivity index (χ1) is 13.7. The lowest BCUT2D eigenvalue weighted by atomic mass is 10.1. The molecule has 1 fully saturated rings. The van der Waals surface area contributed by atoms with Gasteiger partial charge in [0, 0.05) is 6.54 Å². The third-order valence-electron chi connectivity index (χ3n) is 5.19. The summed E-state index contributed by atoms with van der Waals surface area (Å²) in [5.74, 6) is 0.739. The Morgan fingerprint density at radius 2 is 2.04 bits per heavy atom. The number of carbonyl (C=O) groups is 1. The van der Waals surface area contributed by atoms with Gasteiger partial charge >= 0.3 is 0 Å². The van der Waals surface area contributed by atoms with Crippen LogP contribution in [0.5, 0.6) is 5.75 Å². The van der Waals surface area contributed by atoms with E-state index in [0.29, 0.717) is 18.3 Å². The van der Waals surface area contributed by atoms with Crippen LogP contribution in [-0.4, -0.2) is 47.1 Å². The summed E-state index contributed by atoms with van der Waals surface area (Å²) in [5.41, 5.74) is 2.44. The molecular weight excluding hydrogens is 354 g/mol. The lowest BCUT2D eigenvalue weighted by Crippen LogP contribution is -2.30. The second-order valence-corrected chi connectivity index (χ2v) is 7.30.